The van der Waals surface area contributed by atoms with Gasteiger partial charge in [0, 0.05) is 23.9 Å². The zero-order valence-electron chi connectivity index (χ0n) is 15.9. The molecule has 148 valence electrons. The lowest BCUT2D eigenvalue weighted by molar-refractivity contribution is -0.149. The fraction of sp³-hybridized carbons (Fsp3) is 0.227. The molecule has 0 N–H and O–H groups in total. The van der Waals surface area contributed by atoms with Crippen molar-refractivity contribution in [1.29, 1.82) is 0 Å². The summed E-state index contributed by atoms with van der Waals surface area (Å²) in [5.74, 6) is -0.396. The number of ether oxygens (including phenoxy) is 2. The summed E-state index contributed by atoms with van der Waals surface area (Å²) in [5, 5.41) is 2.77. The van der Waals surface area contributed by atoms with E-state index in [1.54, 1.807) is 18.1 Å². The molecule has 1 fully saturated rings. The second kappa shape index (κ2) is 8.45. The summed E-state index contributed by atoms with van der Waals surface area (Å²) in [6, 6.07) is 17.1. The predicted octanol–water partition coefficient (Wildman–Crippen LogP) is 3.92. The highest BCUT2D eigenvalue weighted by atomic mass is 32.1. The first-order valence-corrected chi connectivity index (χ1v) is 10.1. The number of carbonyl (C=O) groups is 2. The van der Waals surface area contributed by atoms with E-state index in [9.17, 15) is 9.59 Å². The van der Waals surface area contributed by atoms with E-state index in [4.69, 9.17) is 9.47 Å². The fourth-order valence-electron chi connectivity index (χ4n) is 3.30. The van der Waals surface area contributed by atoms with Gasteiger partial charge in [0.2, 0.25) is 5.91 Å². The van der Waals surface area contributed by atoms with Gasteiger partial charge in [0.05, 0.1) is 24.4 Å². The first-order valence-electron chi connectivity index (χ1n) is 9.25. The number of nitrogens with zero attached hydrogens (tertiary/aromatic N) is 2. The zero-order valence-corrected chi connectivity index (χ0v) is 16.7. The van der Waals surface area contributed by atoms with Gasteiger partial charge in [-0.15, -0.1) is 11.3 Å². The maximum Gasteiger partial charge on any atom is 0.311 e. The van der Waals surface area contributed by atoms with Crippen LogP contribution in [0.1, 0.15) is 12.1 Å². The smallest absolute Gasteiger partial charge is 0.311 e. The minimum absolute atomic E-state index is 0.0987. The van der Waals surface area contributed by atoms with Gasteiger partial charge >= 0.3 is 5.97 Å². The number of para-hydroxylation sites is 2. The van der Waals surface area contributed by atoms with Gasteiger partial charge in [0.15, 0.2) is 0 Å². The Morgan fingerprint density at radius 3 is 2.72 bits per heavy atom. The Hall–Kier alpha value is -3.19. The third-order valence-electron chi connectivity index (χ3n) is 4.77. The van der Waals surface area contributed by atoms with E-state index < -0.39 is 5.92 Å². The second-order valence-electron chi connectivity index (χ2n) is 6.69. The molecule has 1 saturated heterocycles. The normalized spacial score (nSPS) is 16.1. The SMILES string of the molecule is COc1ccccc1N1CC(C(=O)OCc2csc(-c3ccccc3)n2)CC1=O. The average Bonchev–Trinajstić information content (AvgIpc) is 3.39. The molecule has 1 unspecified atom stereocenters. The Bertz CT molecular complexity index is 1020. The zero-order chi connectivity index (χ0) is 20.2. The summed E-state index contributed by atoms with van der Waals surface area (Å²) in [7, 11) is 1.56. The topological polar surface area (TPSA) is 68.7 Å². The number of esters is 1. The first kappa shape index (κ1) is 19.1. The molecule has 0 radical (unpaired) electrons. The molecule has 0 spiro atoms. The molecular weight excluding hydrogens is 388 g/mol. The lowest BCUT2D eigenvalue weighted by atomic mass is 10.1. The van der Waals surface area contributed by atoms with Crippen molar-refractivity contribution in [1.82, 2.24) is 4.98 Å². The standard InChI is InChI=1S/C22H20N2O4S/c1-27-19-10-6-5-9-18(19)24-12-16(11-20(24)25)22(26)28-13-17-14-29-21(23-17)15-7-3-2-4-8-15/h2-10,14,16H,11-13H2,1H3. The molecule has 29 heavy (non-hydrogen) atoms. The van der Waals surface area contributed by atoms with Crippen molar-refractivity contribution in [2.24, 2.45) is 5.92 Å². The summed E-state index contributed by atoms with van der Waals surface area (Å²) in [5.41, 5.74) is 2.40. The molecule has 0 saturated carbocycles. The van der Waals surface area contributed by atoms with Gasteiger partial charge < -0.3 is 14.4 Å². The molecule has 3 aromatic rings. The number of hydrogen-bond donors (Lipinski definition) is 0. The average molecular weight is 408 g/mol. The van der Waals surface area contributed by atoms with Crippen LogP contribution in [0.3, 0.4) is 0 Å². The molecule has 2 heterocycles. The maximum atomic E-state index is 12.5. The minimum Gasteiger partial charge on any atom is -0.495 e. The number of amides is 1. The molecule has 4 rings (SSSR count). The number of thiazole rings is 1. The van der Waals surface area contributed by atoms with Gasteiger partial charge in [-0.2, -0.15) is 0 Å². The van der Waals surface area contributed by atoms with E-state index in [0.29, 0.717) is 17.1 Å². The van der Waals surface area contributed by atoms with Crippen molar-refractivity contribution in [3.05, 3.63) is 65.7 Å². The fourth-order valence-corrected chi connectivity index (χ4v) is 4.11. The first-order chi connectivity index (χ1) is 14.2. The van der Waals surface area contributed by atoms with Gasteiger partial charge in [-0.3, -0.25) is 9.59 Å². The molecule has 1 atom stereocenters. The number of hydrogen-bond acceptors (Lipinski definition) is 6. The van der Waals surface area contributed by atoms with Gasteiger partial charge in [-0.1, -0.05) is 42.5 Å². The van der Waals surface area contributed by atoms with Crippen LogP contribution in [-0.4, -0.2) is 30.5 Å². The van der Waals surface area contributed by atoms with E-state index in [0.717, 1.165) is 10.6 Å². The molecule has 0 aliphatic carbocycles. The molecular formula is C22H20N2O4S. The molecule has 0 bridgehead atoms. The number of methoxy groups -OCH3 is 1. The van der Waals surface area contributed by atoms with E-state index in [-0.39, 0.29) is 31.4 Å². The highest BCUT2D eigenvalue weighted by molar-refractivity contribution is 7.13. The highest BCUT2D eigenvalue weighted by Crippen LogP contribution is 2.33. The largest absolute Gasteiger partial charge is 0.495 e. The van der Waals surface area contributed by atoms with E-state index in [1.807, 2.05) is 53.9 Å². The lowest BCUT2D eigenvalue weighted by Crippen LogP contribution is -2.26. The van der Waals surface area contributed by atoms with Crippen molar-refractivity contribution < 1.29 is 19.1 Å². The predicted molar refractivity (Wildman–Crippen MR) is 111 cm³/mol. The summed E-state index contributed by atoms with van der Waals surface area (Å²) in [6.45, 7) is 0.381. The number of carbonyl (C=O) groups excluding carboxylic acids is 2. The summed E-state index contributed by atoms with van der Waals surface area (Å²) in [6.07, 6.45) is 0.128. The van der Waals surface area contributed by atoms with Crippen LogP contribution in [0.15, 0.2) is 60.0 Å². The molecule has 1 aliphatic heterocycles. The van der Waals surface area contributed by atoms with Crippen LogP contribution < -0.4 is 9.64 Å². The number of anilines is 1. The molecule has 7 heteroatoms. The third kappa shape index (κ3) is 4.14. The monoisotopic (exact) mass is 408 g/mol. The van der Waals surface area contributed by atoms with Crippen LogP contribution in [0.4, 0.5) is 5.69 Å². The molecule has 1 amide bonds. The molecule has 6 nitrogen and oxygen atoms in total. The Labute approximate surface area is 172 Å². The van der Waals surface area contributed by atoms with E-state index >= 15 is 0 Å². The van der Waals surface area contributed by atoms with Gasteiger partial charge in [-0.05, 0) is 12.1 Å². The van der Waals surface area contributed by atoms with Crippen LogP contribution in [0, 0.1) is 5.92 Å². The Morgan fingerprint density at radius 1 is 1.17 bits per heavy atom. The van der Waals surface area contributed by atoms with E-state index in [1.165, 1.54) is 11.3 Å². The molecule has 2 aromatic carbocycles. The summed E-state index contributed by atoms with van der Waals surface area (Å²) in [4.78, 5) is 31.1. The van der Waals surface area contributed by atoms with Crippen LogP contribution in [0.5, 0.6) is 5.75 Å². The van der Waals surface area contributed by atoms with E-state index in [2.05, 4.69) is 4.98 Å². The number of benzene rings is 2. The number of aromatic nitrogens is 1. The van der Waals surface area contributed by atoms with Crippen LogP contribution in [-0.2, 0) is 20.9 Å². The lowest BCUT2D eigenvalue weighted by Gasteiger charge is -2.19. The minimum atomic E-state index is -0.500. The Morgan fingerprint density at radius 2 is 1.93 bits per heavy atom. The van der Waals surface area contributed by atoms with Crippen LogP contribution in [0.2, 0.25) is 0 Å². The van der Waals surface area contributed by atoms with Gasteiger partial charge in [-0.25, -0.2) is 4.98 Å². The maximum absolute atomic E-state index is 12.5. The summed E-state index contributed by atoms with van der Waals surface area (Å²) >= 11 is 1.51. The highest BCUT2D eigenvalue weighted by Gasteiger charge is 2.37. The van der Waals surface area contributed by atoms with Crippen molar-refractivity contribution in [3.8, 4) is 16.3 Å². The van der Waals surface area contributed by atoms with Crippen LogP contribution in [0.25, 0.3) is 10.6 Å². The van der Waals surface area contributed by atoms with Crippen LogP contribution >= 0.6 is 11.3 Å². The second-order valence-corrected chi connectivity index (χ2v) is 7.55. The van der Waals surface area contributed by atoms with Crippen molar-refractivity contribution in [2.45, 2.75) is 13.0 Å². The Balaban J connectivity index is 1.37. The summed E-state index contributed by atoms with van der Waals surface area (Å²) < 4.78 is 10.8. The molecule has 1 aromatic heterocycles. The number of rotatable bonds is 6. The van der Waals surface area contributed by atoms with Gasteiger partial charge in [0.1, 0.15) is 17.4 Å². The third-order valence-corrected chi connectivity index (χ3v) is 5.71. The van der Waals surface area contributed by atoms with Crippen molar-refractivity contribution in [3.63, 3.8) is 0 Å². The molecule has 1 aliphatic rings. The quantitative estimate of drug-likeness (QED) is 0.579. The van der Waals surface area contributed by atoms with Gasteiger partial charge in [0.25, 0.3) is 0 Å². The Kier molecular flexibility index (Phi) is 5.57. The van der Waals surface area contributed by atoms with Crippen molar-refractivity contribution in [2.75, 3.05) is 18.6 Å². The van der Waals surface area contributed by atoms with Crippen molar-refractivity contribution >= 4 is 28.9 Å².